The first-order valence-electron chi connectivity index (χ1n) is 9.97. The lowest BCUT2D eigenvalue weighted by molar-refractivity contribution is 0.0914. The molecule has 0 saturated carbocycles. The second kappa shape index (κ2) is 7.72. The fourth-order valence-corrected chi connectivity index (χ4v) is 3.89. The zero-order valence-corrected chi connectivity index (χ0v) is 16.8. The third kappa shape index (κ3) is 3.78. The van der Waals surface area contributed by atoms with Crippen LogP contribution in [0.5, 0.6) is 0 Å². The van der Waals surface area contributed by atoms with Crippen LogP contribution in [-0.2, 0) is 6.54 Å². The van der Waals surface area contributed by atoms with Crippen LogP contribution in [-0.4, -0.2) is 51.8 Å². The Morgan fingerprint density at radius 1 is 1.32 bits per heavy atom. The number of piperidine rings is 1. The maximum atomic E-state index is 13.2. The van der Waals surface area contributed by atoms with Gasteiger partial charge in [-0.2, -0.15) is 5.10 Å². The minimum absolute atomic E-state index is 0.0271. The maximum Gasteiger partial charge on any atom is 0.252 e. The average Bonchev–Trinajstić information content (AvgIpc) is 3.16. The van der Waals surface area contributed by atoms with E-state index in [-0.39, 0.29) is 11.9 Å². The van der Waals surface area contributed by atoms with Gasteiger partial charge in [-0.05, 0) is 58.0 Å². The van der Waals surface area contributed by atoms with Crippen LogP contribution < -0.4 is 5.32 Å². The summed E-state index contributed by atoms with van der Waals surface area (Å²) in [4.78, 5) is 20.3. The first-order valence-corrected chi connectivity index (χ1v) is 9.97. The van der Waals surface area contributed by atoms with Crippen LogP contribution >= 0.6 is 0 Å². The number of fused-ring (bicyclic) bond motifs is 1. The van der Waals surface area contributed by atoms with E-state index in [1.54, 1.807) is 0 Å². The number of aromatic nitrogens is 3. The Kier molecular flexibility index (Phi) is 5.13. The normalized spacial score (nSPS) is 17.8. The minimum atomic E-state index is -0.0271. The van der Waals surface area contributed by atoms with E-state index in [4.69, 9.17) is 4.98 Å². The molecule has 1 saturated heterocycles. The van der Waals surface area contributed by atoms with Gasteiger partial charge in [0.05, 0.1) is 23.0 Å². The fraction of sp³-hybridized carbons (Fsp3) is 0.409. The summed E-state index contributed by atoms with van der Waals surface area (Å²) in [6.45, 7) is 6.88. The number of aryl methyl sites for hydroxylation is 2. The molecule has 3 aromatic rings. The molecule has 6 nitrogen and oxygen atoms in total. The van der Waals surface area contributed by atoms with Crippen molar-refractivity contribution in [1.29, 1.82) is 0 Å². The Hall–Kier alpha value is -2.73. The number of pyridine rings is 1. The number of hydrogen-bond donors (Lipinski definition) is 1. The van der Waals surface area contributed by atoms with E-state index in [0.29, 0.717) is 5.56 Å². The number of hydrogen-bond acceptors (Lipinski definition) is 4. The molecule has 146 valence electrons. The largest absolute Gasteiger partial charge is 0.348 e. The second-order valence-electron chi connectivity index (χ2n) is 7.74. The fourth-order valence-electron chi connectivity index (χ4n) is 3.89. The van der Waals surface area contributed by atoms with Gasteiger partial charge >= 0.3 is 0 Å². The molecule has 1 amide bonds. The van der Waals surface area contributed by atoms with Crippen LogP contribution in [0.1, 0.15) is 35.7 Å². The van der Waals surface area contributed by atoms with Crippen LogP contribution in [0.3, 0.4) is 0 Å². The van der Waals surface area contributed by atoms with Crippen molar-refractivity contribution in [1.82, 2.24) is 25.0 Å². The molecule has 0 aliphatic carbocycles. The molecule has 1 aliphatic heterocycles. The number of carbonyl (C=O) groups is 1. The van der Waals surface area contributed by atoms with Gasteiger partial charge in [-0.1, -0.05) is 12.1 Å². The highest BCUT2D eigenvalue weighted by Crippen LogP contribution is 2.26. The highest BCUT2D eigenvalue weighted by molar-refractivity contribution is 6.07. The van der Waals surface area contributed by atoms with Gasteiger partial charge in [0.1, 0.15) is 0 Å². The summed E-state index contributed by atoms with van der Waals surface area (Å²) < 4.78 is 1.87. The van der Waals surface area contributed by atoms with Crippen molar-refractivity contribution in [2.24, 2.45) is 0 Å². The third-order valence-corrected chi connectivity index (χ3v) is 5.42. The monoisotopic (exact) mass is 377 g/mol. The molecule has 1 aliphatic rings. The summed E-state index contributed by atoms with van der Waals surface area (Å²) in [5.74, 6) is -0.0271. The molecule has 0 radical (unpaired) electrons. The van der Waals surface area contributed by atoms with E-state index in [0.717, 1.165) is 60.2 Å². The maximum absolute atomic E-state index is 13.2. The number of likely N-dealkylation sites (tertiary alicyclic amines) is 1. The number of carbonyl (C=O) groups excluding carboxylic acids is 1. The quantitative estimate of drug-likeness (QED) is 0.758. The smallest absolute Gasteiger partial charge is 0.252 e. The molecule has 3 heterocycles. The van der Waals surface area contributed by atoms with Crippen molar-refractivity contribution in [3.63, 3.8) is 0 Å². The Balaban J connectivity index is 1.73. The van der Waals surface area contributed by atoms with Gasteiger partial charge < -0.3 is 10.2 Å². The zero-order valence-electron chi connectivity index (χ0n) is 16.8. The van der Waals surface area contributed by atoms with E-state index >= 15 is 0 Å². The number of benzene rings is 1. The number of nitrogens with zero attached hydrogens (tertiary/aromatic N) is 4. The van der Waals surface area contributed by atoms with Gasteiger partial charge in [0.25, 0.3) is 5.91 Å². The van der Waals surface area contributed by atoms with Gasteiger partial charge in [0, 0.05) is 36.3 Å². The first kappa shape index (κ1) is 18.6. The first-order chi connectivity index (χ1) is 13.5. The highest BCUT2D eigenvalue weighted by Gasteiger charge is 2.21. The lowest BCUT2D eigenvalue weighted by Crippen LogP contribution is -2.46. The van der Waals surface area contributed by atoms with Crippen LogP contribution in [0.4, 0.5) is 0 Å². The predicted octanol–water partition coefficient (Wildman–Crippen LogP) is 3.25. The van der Waals surface area contributed by atoms with Gasteiger partial charge in [0.15, 0.2) is 0 Å². The Morgan fingerprint density at radius 3 is 2.93 bits per heavy atom. The second-order valence-corrected chi connectivity index (χ2v) is 7.74. The molecule has 4 rings (SSSR count). The van der Waals surface area contributed by atoms with E-state index in [2.05, 4.69) is 22.4 Å². The molecular formula is C22H27N5O. The van der Waals surface area contributed by atoms with Crippen molar-refractivity contribution >= 4 is 16.8 Å². The number of nitrogens with one attached hydrogen (secondary N) is 1. The number of rotatable bonds is 4. The molecule has 1 aromatic carbocycles. The van der Waals surface area contributed by atoms with E-state index in [9.17, 15) is 4.79 Å². The summed E-state index contributed by atoms with van der Waals surface area (Å²) in [6, 6.07) is 8.15. The van der Waals surface area contributed by atoms with E-state index in [1.807, 2.05) is 55.2 Å². The number of likely N-dealkylation sites (N-methyl/N-ethyl adjacent to an activating group) is 1. The van der Waals surface area contributed by atoms with Crippen LogP contribution in [0.15, 0.2) is 36.7 Å². The van der Waals surface area contributed by atoms with Crippen molar-refractivity contribution in [3.05, 3.63) is 47.8 Å². The molecule has 1 atom stereocenters. The molecule has 1 N–H and O–H groups in total. The van der Waals surface area contributed by atoms with Crippen LogP contribution in [0, 0.1) is 6.92 Å². The summed E-state index contributed by atoms with van der Waals surface area (Å²) in [5.41, 5.74) is 4.35. The third-order valence-electron chi connectivity index (χ3n) is 5.42. The zero-order chi connectivity index (χ0) is 19.7. The van der Waals surface area contributed by atoms with E-state index < -0.39 is 0 Å². The van der Waals surface area contributed by atoms with Crippen LogP contribution in [0.2, 0.25) is 0 Å². The molecule has 28 heavy (non-hydrogen) atoms. The summed E-state index contributed by atoms with van der Waals surface area (Å²) >= 11 is 0. The lowest BCUT2D eigenvalue weighted by atomic mass is 10.0. The topological polar surface area (TPSA) is 63.1 Å². The van der Waals surface area contributed by atoms with Gasteiger partial charge in [-0.3, -0.25) is 9.48 Å². The predicted molar refractivity (Wildman–Crippen MR) is 111 cm³/mol. The average molecular weight is 377 g/mol. The standard InChI is InChI=1S/C22H27N5O/c1-4-27-13-16(12-23-27)20-11-19(18-8-7-15(2)10-21(18)25-20)22(28)24-17-6-5-9-26(3)14-17/h7-8,10-13,17H,4-6,9,14H2,1-3H3,(H,24,28)/t17-/m0/s1. The molecule has 6 heteroatoms. The Bertz CT molecular complexity index is 1010. The summed E-state index contributed by atoms with van der Waals surface area (Å²) in [7, 11) is 2.10. The SMILES string of the molecule is CCn1cc(-c2cc(C(=O)N[C@H]3CCCN(C)C3)c3ccc(C)cc3n2)cn1. The summed E-state index contributed by atoms with van der Waals surface area (Å²) in [6.07, 6.45) is 5.92. The van der Waals surface area contributed by atoms with Gasteiger partial charge in [-0.15, -0.1) is 0 Å². The van der Waals surface area contributed by atoms with Crippen molar-refractivity contribution < 1.29 is 4.79 Å². The molecule has 0 unspecified atom stereocenters. The number of amides is 1. The molecule has 0 spiro atoms. The van der Waals surface area contributed by atoms with E-state index in [1.165, 1.54) is 0 Å². The molecule has 2 aromatic heterocycles. The van der Waals surface area contributed by atoms with Crippen molar-refractivity contribution in [2.45, 2.75) is 39.3 Å². The molecule has 0 bridgehead atoms. The van der Waals surface area contributed by atoms with Crippen LogP contribution in [0.25, 0.3) is 22.2 Å². The lowest BCUT2D eigenvalue weighted by Gasteiger charge is -2.30. The highest BCUT2D eigenvalue weighted by atomic mass is 16.1. The Labute approximate surface area is 165 Å². The van der Waals surface area contributed by atoms with Gasteiger partial charge in [0.2, 0.25) is 0 Å². The molecular weight excluding hydrogens is 350 g/mol. The molecule has 1 fully saturated rings. The van der Waals surface area contributed by atoms with Crippen molar-refractivity contribution in [3.8, 4) is 11.3 Å². The summed E-state index contributed by atoms with van der Waals surface area (Å²) in [5, 5.41) is 8.48. The minimum Gasteiger partial charge on any atom is -0.348 e. The van der Waals surface area contributed by atoms with Gasteiger partial charge in [-0.25, -0.2) is 4.98 Å². The Morgan fingerprint density at radius 2 is 2.18 bits per heavy atom. The van der Waals surface area contributed by atoms with Crippen molar-refractivity contribution in [2.75, 3.05) is 20.1 Å².